The number of hydrogen-bond acceptors (Lipinski definition) is 9. The summed E-state index contributed by atoms with van der Waals surface area (Å²) in [5, 5.41) is 3.22. The van der Waals surface area contributed by atoms with Crippen LogP contribution in [0.4, 0.5) is 4.79 Å². The number of hydroxylamine groups is 4. The zero-order valence-electron chi connectivity index (χ0n) is 23.2. The van der Waals surface area contributed by atoms with E-state index in [1.807, 2.05) is 38.0 Å². The predicted molar refractivity (Wildman–Crippen MR) is 139 cm³/mol. The fourth-order valence-electron chi connectivity index (χ4n) is 5.69. The molecule has 0 aromatic heterocycles. The first kappa shape index (κ1) is 28.5. The van der Waals surface area contributed by atoms with Gasteiger partial charge in [-0.3, -0.25) is 9.63 Å². The molecule has 1 spiro atoms. The second-order valence-electron chi connectivity index (χ2n) is 10.0. The molecule has 1 aromatic carbocycles. The lowest BCUT2D eigenvalue weighted by Crippen LogP contribution is -2.55. The molecule has 1 unspecified atom stereocenters. The van der Waals surface area contributed by atoms with Gasteiger partial charge in [0.25, 0.3) is 5.91 Å². The number of aryl methyl sites for hydroxylation is 3. The Labute approximate surface area is 224 Å². The number of carbonyl (C=O) groups excluding carboxylic acids is 2. The van der Waals surface area contributed by atoms with E-state index in [0.717, 1.165) is 41.5 Å². The Hall–Kier alpha value is -2.50. The third-order valence-electron chi connectivity index (χ3n) is 7.36. The third-order valence-corrected chi connectivity index (χ3v) is 7.36. The Morgan fingerprint density at radius 3 is 2.42 bits per heavy atom. The van der Waals surface area contributed by atoms with E-state index < -0.39 is 11.7 Å². The normalized spacial score (nSPS) is 21.9. The molecular weight excluding hydrogens is 492 g/mol. The second kappa shape index (κ2) is 12.6. The summed E-state index contributed by atoms with van der Waals surface area (Å²) in [4.78, 5) is 38.5. The number of nitrogens with zero attached hydrogens (tertiary/aromatic N) is 2. The highest BCUT2D eigenvalue weighted by Crippen LogP contribution is 2.48. The Morgan fingerprint density at radius 1 is 1.11 bits per heavy atom. The lowest BCUT2D eigenvalue weighted by molar-refractivity contribution is -0.244. The van der Waals surface area contributed by atoms with Gasteiger partial charge in [-0.1, -0.05) is 17.7 Å². The van der Waals surface area contributed by atoms with Crippen molar-refractivity contribution in [2.45, 2.75) is 71.6 Å². The van der Waals surface area contributed by atoms with Crippen LogP contribution in [0.25, 0.3) is 5.57 Å². The maximum absolute atomic E-state index is 14.2. The summed E-state index contributed by atoms with van der Waals surface area (Å²) in [7, 11) is 1.62. The molecular formula is C28H40N2O8. The molecule has 0 radical (unpaired) electrons. The van der Waals surface area contributed by atoms with E-state index in [2.05, 4.69) is 0 Å². The number of benzene rings is 1. The van der Waals surface area contributed by atoms with Gasteiger partial charge in [-0.2, -0.15) is 5.06 Å². The third kappa shape index (κ3) is 5.89. The minimum atomic E-state index is -1.00. The van der Waals surface area contributed by atoms with Crippen molar-refractivity contribution in [2.24, 2.45) is 0 Å². The van der Waals surface area contributed by atoms with Gasteiger partial charge in [0.1, 0.15) is 5.54 Å². The summed E-state index contributed by atoms with van der Waals surface area (Å²) in [6.45, 7) is 9.93. The molecule has 210 valence electrons. The summed E-state index contributed by atoms with van der Waals surface area (Å²) in [5.41, 5.74) is 2.99. The van der Waals surface area contributed by atoms with Crippen molar-refractivity contribution in [3.8, 4) is 0 Å². The van der Waals surface area contributed by atoms with E-state index in [-0.39, 0.29) is 37.8 Å². The molecule has 10 nitrogen and oxygen atoms in total. The number of hydrogen-bond donors (Lipinski definition) is 0. The number of piperidine rings is 1. The summed E-state index contributed by atoms with van der Waals surface area (Å²) >= 11 is 0. The van der Waals surface area contributed by atoms with Crippen molar-refractivity contribution in [3.63, 3.8) is 0 Å². The van der Waals surface area contributed by atoms with Crippen LogP contribution < -0.4 is 0 Å². The highest BCUT2D eigenvalue weighted by molar-refractivity contribution is 6.23. The minimum absolute atomic E-state index is 0.146. The van der Waals surface area contributed by atoms with Gasteiger partial charge in [-0.15, -0.1) is 0 Å². The molecule has 2 saturated heterocycles. The van der Waals surface area contributed by atoms with Crippen LogP contribution in [0.15, 0.2) is 17.9 Å². The van der Waals surface area contributed by atoms with E-state index in [1.54, 1.807) is 14.0 Å². The van der Waals surface area contributed by atoms with Gasteiger partial charge in [0.2, 0.25) is 0 Å². The average molecular weight is 533 g/mol. The van der Waals surface area contributed by atoms with E-state index in [9.17, 15) is 9.59 Å². The first-order valence-corrected chi connectivity index (χ1v) is 13.5. The summed E-state index contributed by atoms with van der Waals surface area (Å²) in [5.74, 6) is -0.0811. The van der Waals surface area contributed by atoms with Crippen LogP contribution in [0.1, 0.15) is 61.3 Å². The molecule has 1 atom stereocenters. The second-order valence-corrected chi connectivity index (χ2v) is 10.0. The molecule has 0 saturated carbocycles. The minimum Gasteiger partial charge on any atom is -0.434 e. The van der Waals surface area contributed by atoms with Crippen LogP contribution in [0, 0.1) is 20.8 Å². The summed E-state index contributed by atoms with van der Waals surface area (Å²) in [6.07, 6.45) is 2.73. The number of amides is 1. The molecule has 0 N–H and O–H groups in total. The van der Waals surface area contributed by atoms with Crippen molar-refractivity contribution in [2.75, 3.05) is 46.6 Å². The number of rotatable bonds is 9. The van der Waals surface area contributed by atoms with Crippen molar-refractivity contribution in [1.82, 2.24) is 10.1 Å². The van der Waals surface area contributed by atoms with Gasteiger partial charge in [0.05, 0.1) is 32.5 Å². The van der Waals surface area contributed by atoms with Crippen LogP contribution in [-0.2, 0) is 33.4 Å². The average Bonchev–Trinajstić information content (AvgIpc) is 3.09. The van der Waals surface area contributed by atoms with Crippen LogP contribution in [0.3, 0.4) is 0 Å². The largest absolute Gasteiger partial charge is 0.513 e. The predicted octanol–water partition coefficient (Wildman–Crippen LogP) is 4.21. The van der Waals surface area contributed by atoms with Crippen molar-refractivity contribution in [1.29, 1.82) is 0 Å². The molecule has 0 bridgehead atoms. The van der Waals surface area contributed by atoms with Crippen LogP contribution in [0.2, 0.25) is 0 Å². The van der Waals surface area contributed by atoms with Crippen LogP contribution in [-0.4, -0.2) is 80.6 Å². The molecule has 3 heterocycles. The first-order valence-electron chi connectivity index (χ1n) is 13.5. The molecule has 0 aliphatic carbocycles. The molecule has 10 heteroatoms. The maximum atomic E-state index is 14.2. The fraction of sp³-hybridized carbons (Fsp3) is 0.643. The lowest BCUT2D eigenvalue weighted by Gasteiger charge is -2.43. The zero-order chi connectivity index (χ0) is 27.3. The summed E-state index contributed by atoms with van der Waals surface area (Å²) < 4.78 is 22.5. The quantitative estimate of drug-likeness (QED) is 0.342. The van der Waals surface area contributed by atoms with Crippen molar-refractivity contribution >= 4 is 17.6 Å². The van der Waals surface area contributed by atoms with Crippen LogP contribution in [0.5, 0.6) is 0 Å². The number of ether oxygens (including phenoxy) is 4. The van der Waals surface area contributed by atoms with Crippen LogP contribution >= 0.6 is 0 Å². The summed E-state index contributed by atoms with van der Waals surface area (Å²) in [6, 6.07) is 4.04. The lowest BCUT2D eigenvalue weighted by atomic mass is 9.84. The molecule has 4 rings (SSSR count). The Morgan fingerprint density at radius 2 is 1.82 bits per heavy atom. The van der Waals surface area contributed by atoms with Crippen molar-refractivity contribution < 1.29 is 38.2 Å². The SMILES string of the molecule is CCOC(=O)OC1=C(c2c(C)cc(C)cc2C)C(=O)N(OCCOC2CCCCO2)C12CCN(OC)CC2. The first-order chi connectivity index (χ1) is 18.3. The molecule has 1 aromatic rings. The highest BCUT2D eigenvalue weighted by atomic mass is 16.7. The van der Waals surface area contributed by atoms with Gasteiger partial charge in [-0.05, 0) is 76.5 Å². The Bertz CT molecular complexity index is 1020. The number of carbonyl (C=O) groups is 2. The van der Waals surface area contributed by atoms with Gasteiger partial charge in [0, 0.05) is 19.7 Å². The van der Waals surface area contributed by atoms with Gasteiger partial charge < -0.3 is 23.8 Å². The van der Waals surface area contributed by atoms with E-state index in [4.69, 9.17) is 28.6 Å². The topological polar surface area (TPSA) is 96.0 Å². The van der Waals surface area contributed by atoms with Gasteiger partial charge in [-0.25, -0.2) is 9.86 Å². The molecule has 38 heavy (non-hydrogen) atoms. The fourth-order valence-corrected chi connectivity index (χ4v) is 5.69. The Balaban J connectivity index is 1.69. The van der Waals surface area contributed by atoms with Gasteiger partial charge >= 0.3 is 6.16 Å². The molecule has 2 fully saturated rings. The molecule has 1 amide bonds. The highest BCUT2D eigenvalue weighted by Gasteiger charge is 2.57. The Kier molecular flexibility index (Phi) is 9.43. The van der Waals surface area contributed by atoms with Gasteiger partial charge in [0.15, 0.2) is 12.0 Å². The van der Waals surface area contributed by atoms with E-state index in [0.29, 0.717) is 38.1 Å². The smallest absolute Gasteiger partial charge is 0.434 e. The van der Waals surface area contributed by atoms with E-state index in [1.165, 1.54) is 5.06 Å². The molecule has 3 aliphatic rings. The zero-order valence-corrected chi connectivity index (χ0v) is 23.2. The van der Waals surface area contributed by atoms with E-state index >= 15 is 0 Å². The van der Waals surface area contributed by atoms with Crippen molar-refractivity contribution in [3.05, 3.63) is 40.1 Å². The maximum Gasteiger partial charge on any atom is 0.513 e. The molecule has 3 aliphatic heterocycles. The standard InChI is InChI=1S/C28H40N2O8/c1-6-34-27(32)38-25-24(23-20(3)17-19(2)18-21(23)4)26(31)30(28(25)10-12-29(33-5)13-11-28)37-16-15-36-22-9-7-8-14-35-22/h17-18,22H,6-16H2,1-5H3. The monoisotopic (exact) mass is 532 g/mol.